The molecule has 0 heterocycles. The Morgan fingerprint density at radius 3 is 2.76 bits per heavy atom. The molecule has 1 aromatic carbocycles. The smallest absolute Gasteiger partial charge is 0.109 e. The molecule has 4 heteroatoms. The largest absolute Gasteiger partial charge is 0.394 e. The summed E-state index contributed by atoms with van der Waals surface area (Å²) in [6, 6.07) is 9.67. The molecule has 0 bridgehead atoms. The Morgan fingerprint density at radius 1 is 1.35 bits per heavy atom. The molecule has 0 radical (unpaired) electrons. The summed E-state index contributed by atoms with van der Waals surface area (Å²) in [7, 11) is 0. The van der Waals surface area contributed by atoms with Crippen molar-refractivity contribution in [3.05, 3.63) is 35.9 Å². The van der Waals surface area contributed by atoms with Crippen molar-refractivity contribution in [3.8, 4) is 0 Å². The van der Waals surface area contributed by atoms with Crippen LogP contribution in [0.4, 0.5) is 0 Å². The third-order valence-electron chi connectivity index (χ3n) is 2.34. The van der Waals surface area contributed by atoms with Gasteiger partial charge in [0, 0.05) is 7.98 Å². The van der Waals surface area contributed by atoms with E-state index in [0.717, 1.165) is 5.56 Å². The summed E-state index contributed by atoms with van der Waals surface area (Å²) in [5.74, 6) is 0. The van der Waals surface area contributed by atoms with Crippen LogP contribution < -0.4 is 0 Å². The highest BCUT2D eigenvalue weighted by atomic mass is 16.5. The van der Waals surface area contributed by atoms with Gasteiger partial charge in [-0.25, -0.2) is 0 Å². The van der Waals surface area contributed by atoms with Gasteiger partial charge in [0.05, 0.1) is 19.8 Å². The average molecular weight is 241 g/mol. The first-order valence-corrected chi connectivity index (χ1v) is 5.59. The minimum atomic E-state index is -0.979. The lowest BCUT2D eigenvalue weighted by molar-refractivity contribution is -0.0926. The number of aliphatic hydroxyl groups excluding tert-OH is 2. The second kappa shape index (κ2) is 8.20. The number of benzene rings is 1. The Labute approximate surface area is 103 Å². The molecule has 4 nitrogen and oxygen atoms in total. The summed E-state index contributed by atoms with van der Waals surface area (Å²) in [4.78, 5) is 0. The first kappa shape index (κ1) is 12.5. The monoisotopic (exact) mass is 241 g/mol. The maximum Gasteiger partial charge on any atom is 0.109 e. The van der Waals surface area contributed by atoms with Gasteiger partial charge in [-0.1, -0.05) is 30.3 Å². The summed E-state index contributed by atoms with van der Waals surface area (Å²) in [5, 5.41) is 18.4. The van der Waals surface area contributed by atoms with E-state index in [1.54, 1.807) is 0 Å². The predicted octanol–water partition coefficient (Wildman–Crippen LogP) is 0.962. The van der Waals surface area contributed by atoms with E-state index in [-0.39, 0.29) is 26.7 Å². The Hall–Kier alpha value is -0.940. The van der Waals surface area contributed by atoms with Gasteiger partial charge in [0.15, 0.2) is 0 Å². The molecule has 0 unspecified atom stereocenters. The van der Waals surface area contributed by atoms with Gasteiger partial charge in [-0.3, -0.25) is 0 Å². The maximum atomic E-state index is 9.53. The van der Waals surface area contributed by atoms with Crippen LogP contribution in [0.5, 0.6) is 0 Å². The second-order valence-electron chi connectivity index (χ2n) is 3.66. The molecule has 2 atom stereocenters. The highest BCUT2D eigenvalue weighted by molar-refractivity contribution is 5.13. The normalized spacial score (nSPS) is 15.3. The number of rotatable bonds is 8. The van der Waals surface area contributed by atoms with E-state index in [0.29, 0.717) is 6.61 Å². The van der Waals surface area contributed by atoms with Crippen LogP contribution in [0.25, 0.3) is 0 Å². The van der Waals surface area contributed by atoms with Crippen molar-refractivity contribution >= 4 is 0 Å². The van der Waals surface area contributed by atoms with Crippen LogP contribution in [-0.2, 0) is 16.1 Å². The van der Waals surface area contributed by atoms with Crippen LogP contribution in [0.3, 0.4) is 0 Å². The average Bonchev–Trinajstić information content (AvgIpc) is 2.43. The minimum Gasteiger partial charge on any atom is -0.394 e. The van der Waals surface area contributed by atoms with Crippen LogP contribution in [0.2, 0.25) is 0 Å². The molecule has 0 saturated heterocycles. The van der Waals surface area contributed by atoms with Crippen molar-refractivity contribution in [1.82, 2.24) is 0 Å². The van der Waals surface area contributed by atoms with E-state index in [2.05, 4.69) is 0 Å². The first-order valence-electron chi connectivity index (χ1n) is 6.30. The molecule has 0 spiro atoms. The summed E-state index contributed by atoms with van der Waals surface area (Å²) in [6.45, 7) is 0.581. The lowest BCUT2D eigenvalue weighted by Crippen LogP contribution is -2.36. The molecule has 17 heavy (non-hydrogen) atoms. The van der Waals surface area contributed by atoms with Crippen LogP contribution in [0.15, 0.2) is 30.3 Å². The molecule has 96 valence electrons. The van der Waals surface area contributed by atoms with Crippen LogP contribution in [0, 0.1) is 0 Å². The first-order chi connectivity index (χ1) is 8.77. The fraction of sp³-hybridized carbons (Fsp3) is 0.538. The summed E-state index contributed by atoms with van der Waals surface area (Å²) in [5.41, 5.74) is 1.04. The van der Waals surface area contributed by atoms with Gasteiger partial charge >= 0.3 is 0 Å². The van der Waals surface area contributed by atoms with Gasteiger partial charge in [0.2, 0.25) is 0 Å². The van der Waals surface area contributed by atoms with Gasteiger partial charge in [-0.15, -0.1) is 0 Å². The maximum absolute atomic E-state index is 9.53. The zero-order valence-corrected chi connectivity index (χ0v) is 9.79. The van der Waals surface area contributed by atoms with Crippen molar-refractivity contribution in [2.24, 2.45) is 0 Å². The van der Waals surface area contributed by atoms with E-state index in [9.17, 15) is 5.11 Å². The molecule has 0 aromatic heterocycles. The van der Waals surface area contributed by atoms with E-state index >= 15 is 0 Å². The van der Waals surface area contributed by atoms with Crippen LogP contribution in [-0.4, -0.2) is 42.2 Å². The molecule has 0 fully saturated rings. The second-order valence-corrected chi connectivity index (χ2v) is 3.66. The van der Waals surface area contributed by atoms with Crippen molar-refractivity contribution < 1.29 is 21.1 Å². The van der Waals surface area contributed by atoms with Crippen LogP contribution in [0.1, 0.15) is 13.8 Å². The molecule has 1 aromatic rings. The minimum absolute atomic E-state index is 0.118. The lowest BCUT2D eigenvalue weighted by atomic mass is 10.2. The standard InChI is InChI=1S/C13H20O4/c1-2-17-13(12(15)8-14)10-16-9-11-6-4-3-5-7-11/h3-7,12-15H,2,8-10H2,1H3/t12-,13+/m1/s1/i1D. The topological polar surface area (TPSA) is 58.9 Å². The predicted molar refractivity (Wildman–Crippen MR) is 64.6 cm³/mol. The number of ether oxygens (including phenoxy) is 2. The Kier molecular flexibility index (Phi) is 6.03. The van der Waals surface area contributed by atoms with Gasteiger partial charge in [0.1, 0.15) is 12.2 Å². The molecular weight excluding hydrogens is 220 g/mol. The quantitative estimate of drug-likeness (QED) is 0.712. The van der Waals surface area contributed by atoms with Gasteiger partial charge < -0.3 is 19.7 Å². The van der Waals surface area contributed by atoms with E-state index in [1.807, 2.05) is 30.3 Å². The van der Waals surface area contributed by atoms with Gasteiger partial charge in [-0.05, 0) is 12.5 Å². The van der Waals surface area contributed by atoms with E-state index < -0.39 is 12.2 Å². The van der Waals surface area contributed by atoms with E-state index in [1.165, 1.54) is 0 Å². The Bertz CT molecular complexity index is 307. The molecule has 0 saturated carbocycles. The molecule has 0 aliphatic carbocycles. The zero-order chi connectivity index (χ0) is 13.2. The van der Waals surface area contributed by atoms with Crippen LogP contribution >= 0.6 is 0 Å². The van der Waals surface area contributed by atoms with Gasteiger partial charge in [-0.2, -0.15) is 0 Å². The molecule has 0 amide bonds. The van der Waals surface area contributed by atoms with Crippen molar-refractivity contribution in [2.75, 3.05) is 19.8 Å². The Balaban J connectivity index is 2.32. The highest BCUT2D eigenvalue weighted by Gasteiger charge is 2.18. The molecular formula is C13H20O4. The highest BCUT2D eigenvalue weighted by Crippen LogP contribution is 2.05. The third-order valence-corrected chi connectivity index (χ3v) is 2.34. The molecule has 1 rings (SSSR count). The molecule has 2 N–H and O–H groups in total. The summed E-state index contributed by atoms with van der Waals surface area (Å²) >= 11 is 0. The number of hydrogen-bond acceptors (Lipinski definition) is 4. The third kappa shape index (κ3) is 5.28. The molecule has 0 aliphatic rings. The zero-order valence-electron chi connectivity index (χ0n) is 10.8. The SMILES string of the molecule is [2H]CCO[C@@H](COCc1ccccc1)[C@H](O)CO. The number of hydrogen-bond donors (Lipinski definition) is 2. The van der Waals surface area contributed by atoms with Gasteiger partial charge in [0.25, 0.3) is 0 Å². The lowest BCUT2D eigenvalue weighted by Gasteiger charge is -2.21. The van der Waals surface area contributed by atoms with E-state index in [4.69, 9.17) is 16.0 Å². The Morgan fingerprint density at radius 2 is 2.12 bits per heavy atom. The molecule has 0 aliphatic heterocycles. The van der Waals surface area contributed by atoms with Crippen molar-refractivity contribution in [3.63, 3.8) is 0 Å². The summed E-state index contributed by atoms with van der Waals surface area (Å²) in [6.07, 6.45) is -1.57. The summed E-state index contributed by atoms with van der Waals surface area (Å²) < 4.78 is 17.7. The fourth-order valence-electron chi connectivity index (χ4n) is 1.41. The van der Waals surface area contributed by atoms with Crippen molar-refractivity contribution in [1.29, 1.82) is 0 Å². The van der Waals surface area contributed by atoms with Crippen molar-refractivity contribution in [2.45, 2.75) is 25.7 Å². The number of aliphatic hydroxyl groups is 2. The fourth-order valence-corrected chi connectivity index (χ4v) is 1.41.